The lowest BCUT2D eigenvalue weighted by molar-refractivity contribution is -0.131. The second-order valence-electron chi connectivity index (χ2n) is 33.2. The van der Waals surface area contributed by atoms with E-state index in [-0.39, 0.29) is 77.1 Å². The maximum absolute atomic E-state index is 15.3. The summed E-state index contributed by atoms with van der Waals surface area (Å²) in [5.74, 6) is -0.398. The van der Waals surface area contributed by atoms with Crippen molar-refractivity contribution in [2.24, 2.45) is 0 Å². The Kier molecular flexibility index (Phi) is 26.1. The second-order valence-corrected chi connectivity index (χ2v) is 36.3. The van der Waals surface area contributed by atoms with E-state index in [9.17, 15) is 41.9 Å². The molecule has 24 nitrogen and oxygen atoms in total. The highest BCUT2D eigenvalue weighted by Crippen LogP contribution is 2.49. The molecule has 3 unspecified atom stereocenters. The third-order valence-corrected chi connectivity index (χ3v) is 29.1. The SMILES string of the molecule is C=CC(=O)N1CCN(c2nc(=O)n3c4c(c(-c5ccc(F)cc5F)c(C)cc24)SCC(N2CCOCC2)C3)CC1.C=CC(=O)N1C[C@H](C)N(c2nc(=O)n3c4c(c(-c5ccc(F)cc5F)c(C)cc24)SCC(N2CCOCC2)C3)C[C@H]1C.C=CC(=O)N1[C@H](C)CN(c2nc(=O)n3c4c(c(-c5ccc(F)cc5F)c(C)cc24)SCC(N2CCOCC2)C3)C[C@@H]1C. The number of carbonyl (C=O) groups is 3. The fraction of sp³-hybridized carbons (Fsp3) is 0.440. The number of halogens is 6. The summed E-state index contributed by atoms with van der Waals surface area (Å²) in [6.07, 6.45) is 3.98. The smallest absolute Gasteiger partial charge is 0.350 e. The van der Waals surface area contributed by atoms with Crippen molar-refractivity contribution < 1.29 is 54.9 Å². The Bertz CT molecular complexity index is 5900. The van der Waals surface area contributed by atoms with Crippen LogP contribution in [0, 0.1) is 55.7 Å². The number of nitrogens with zero attached hydrogens (tertiary/aromatic N) is 15. The summed E-state index contributed by atoms with van der Waals surface area (Å²) in [5, 5.41) is 2.44. The van der Waals surface area contributed by atoms with Gasteiger partial charge in [0.15, 0.2) is 0 Å². The van der Waals surface area contributed by atoms with Gasteiger partial charge in [0.25, 0.3) is 0 Å². The number of anilines is 3. The van der Waals surface area contributed by atoms with E-state index in [1.54, 1.807) is 58.8 Å². The summed E-state index contributed by atoms with van der Waals surface area (Å²) in [6.45, 7) is 38.4. The molecular formula is C91H101F6N15O9S3. The number of benzene rings is 6. The van der Waals surface area contributed by atoms with Crippen molar-refractivity contribution in [2.75, 3.05) is 163 Å². The number of piperazine rings is 3. The molecule has 0 saturated carbocycles. The summed E-state index contributed by atoms with van der Waals surface area (Å²) in [7, 11) is 0. The number of hydrogen-bond donors (Lipinski definition) is 0. The molecule has 654 valence electrons. The van der Waals surface area contributed by atoms with Crippen molar-refractivity contribution in [3.63, 3.8) is 0 Å². The van der Waals surface area contributed by atoms with E-state index in [1.807, 2.05) is 76.5 Å². The van der Waals surface area contributed by atoms with Gasteiger partial charge >= 0.3 is 17.1 Å². The molecule has 0 N–H and O–H groups in total. The van der Waals surface area contributed by atoms with Gasteiger partial charge in [0.1, 0.15) is 52.4 Å². The first-order valence-electron chi connectivity index (χ1n) is 42.2. The average Bonchev–Trinajstić information content (AvgIpc) is 1.29. The Hall–Kier alpha value is -9.84. The fourth-order valence-electron chi connectivity index (χ4n) is 19.2. The van der Waals surface area contributed by atoms with E-state index in [4.69, 9.17) is 14.2 Å². The normalized spacial score (nSPS) is 22.2. The molecule has 3 aromatic heterocycles. The molecule has 9 aromatic rings. The Morgan fingerprint density at radius 3 is 1.10 bits per heavy atom. The number of ether oxygens (including phenoxy) is 3. The van der Waals surface area contributed by atoms with Gasteiger partial charge in [-0.1, -0.05) is 19.7 Å². The Labute approximate surface area is 727 Å². The predicted molar refractivity (Wildman–Crippen MR) is 474 cm³/mol. The molecule has 0 aliphatic carbocycles. The maximum Gasteiger partial charge on any atom is 0.350 e. The lowest BCUT2D eigenvalue weighted by Gasteiger charge is -2.44. The highest BCUT2D eigenvalue weighted by atomic mass is 32.2. The topological polar surface area (TPSA) is 213 Å². The molecule has 0 radical (unpaired) electrons. The van der Waals surface area contributed by atoms with Gasteiger partial charge in [-0.3, -0.25) is 42.8 Å². The number of aromatic nitrogens is 6. The number of carbonyl (C=O) groups excluding carboxylic acids is 3. The molecule has 0 bridgehead atoms. The van der Waals surface area contributed by atoms with Crippen molar-refractivity contribution in [3.05, 3.63) is 194 Å². The summed E-state index contributed by atoms with van der Waals surface area (Å²) in [4.78, 5) is 114. The highest BCUT2D eigenvalue weighted by molar-refractivity contribution is 8.00. The molecule has 0 spiro atoms. The summed E-state index contributed by atoms with van der Waals surface area (Å²) >= 11 is 4.83. The van der Waals surface area contributed by atoms with Crippen molar-refractivity contribution in [1.82, 2.24) is 58.1 Å². The van der Waals surface area contributed by atoms with Crippen molar-refractivity contribution in [3.8, 4) is 33.4 Å². The van der Waals surface area contributed by atoms with Crippen LogP contribution in [0.25, 0.3) is 66.1 Å². The van der Waals surface area contributed by atoms with Gasteiger partial charge in [-0.25, -0.2) is 40.7 Å². The monoisotopic (exact) mass is 1760 g/mol. The first-order valence-corrected chi connectivity index (χ1v) is 45.2. The first-order chi connectivity index (χ1) is 59.7. The Balaban J connectivity index is 0.000000138. The van der Waals surface area contributed by atoms with Crippen molar-refractivity contribution in [1.29, 1.82) is 0 Å². The van der Waals surface area contributed by atoms with Crippen LogP contribution in [0.15, 0.2) is 140 Å². The number of aryl methyl sites for hydroxylation is 3. The third-order valence-electron chi connectivity index (χ3n) is 25.3. The lowest BCUT2D eigenvalue weighted by atomic mass is 9.96. The molecule has 9 aliphatic heterocycles. The number of amides is 3. The van der Waals surface area contributed by atoms with Gasteiger partial charge < -0.3 is 43.6 Å². The fourth-order valence-corrected chi connectivity index (χ4v) is 23.6. The first kappa shape index (κ1) is 87.6. The van der Waals surface area contributed by atoms with Gasteiger partial charge in [0, 0.05) is 253 Å². The van der Waals surface area contributed by atoms with E-state index >= 15 is 13.2 Å². The Morgan fingerprint density at radius 1 is 0.403 bits per heavy atom. The number of rotatable bonds is 12. The van der Waals surface area contributed by atoms with Crippen molar-refractivity contribution >= 4 is 103 Å². The maximum atomic E-state index is 15.3. The van der Waals surface area contributed by atoms with E-state index < -0.39 is 34.9 Å². The van der Waals surface area contributed by atoms with E-state index in [1.165, 1.54) is 54.6 Å². The van der Waals surface area contributed by atoms with Crippen LogP contribution in [-0.4, -0.2) is 267 Å². The van der Waals surface area contributed by atoms with E-state index in [0.29, 0.717) is 180 Å². The second kappa shape index (κ2) is 37.0. The molecule has 3 amide bonds. The third kappa shape index (κ3) is 17.2. The van der Waals surface area contributed by atoms with Crippen LogP contribution in [0.5, 0.6) is 0 Å². The molecule has 12 heterocycles. The minimum absolute atomic E-state index is 0.0541. The highest BCUT2D eigenvalue weighted by Gasteiger charge is 2.41. The molecule has 18 rings (SSSR count). The summed E-state index contributed by atoms with van der Waals surface area (Å²) < 4.78 is 109. The van der Waals surface area contributed by atoms with E-state index in [0.717, 1.165) is 122 Å². The molecule has 33 heteroatoms. The molecule has 7 atom stereocenters. The Morgan fingerprint density at radius 2 is 0.750 bits per heavy atom. The molecule has 124 heavy (non-hydrogen) atoms. The van der Waals surface area contributed by atoms with Gasteiger partial charge in [-0.2, -0.15) is 15.0 Å². The molecular weight excluding hydrogens is 1660 g/mol. The average molecular weight is 1760 g/mol. The van der Waals surface area contributed by atoms with E-state index in [2.05, 4.69) is 59.2 Å². The zero-order chi connectivity index (χ0) is 87.4. The zero-order valence-corrected chi connectivity index (χ0v) is 73.0. The number of morpholine rings is 3. The predicted octanol–water partition coefficient (Wildman–Crippen LogP) is 11.4. The minimum atomic E-state index is -0.642. The largest absolute Gasteiger partial charge is 0.379 e. The minimum Gasteiger partial charge on any atom is -0.379 e. The van der Waals surface area contributed by atoms with Crippen LogP contribution in [0.3, 0.4) is 0 Å². The molecule has 9 aliphatic rings. The van der Waals surface area contributed by atoms with Crippen LogP contribution < -0.4 is 31.8 Å². The van der Waals surface area contributed by atoms with Crippen LogP contribution in [-0.2, 0) is 48.2 Å². The van der Waals surface area contributed by atoms with Gasteiger partial charge in [-0.05, 0) is 138 Å². The van der Waals surface area contributed by atoms with Gasteiger partial charge in [0.2, 0.25) is 17.7 Å². The zero-order valence-electron chi connectivity index (χ0n) is 70.6. The van der Waals surface area contributed by atoms with Crippen LogP contribution in [0.2, 0.25) is 0 Å². The quantitative estimate of drug-likeness (QED) is 0.0821. The van der Waals surface area contributed by atoms with Crippen molar-refractivity contribution in [2.45, 2.75) is 125 Å². The lowest BCUT2D eigenvalue weighted by Crippen LogP contribution is -2.58. The summed E-state index contributed by atoms with van der Waals surface area (Å²) in [6, 6.07) is 16.6. The van der Waals surface area contributed by atoms with Crippen LogP contribution in [0.4, 0.5) is 43.8 Å². The van der Waals surface area contributed by atoms with Crippen LogP contribution >= 0.6 is 35.3 Å². The summed E-state index contributed by atoms with van der Waals surface area (Å²) in [5.41, 5.74) is 6.46. The van der Waals surface area contributed by atoms with Crippen LogP contribution in [0.1, 0.15) is 44.4 Å². The molecule has 6 saturated heterocycles. The standard InChI is InChI=1S/2C31H35F2N5O3S.C29H31F2N5O3S/c1-5-26(39)36-14-20(4)37(15-19(36)3)30-24-12-18(2)27(23-7-6-21(32)13-25(23)33)29-28(24)38(31(40)34-30)16-22(17-42-29)35-8-10-41-11-9-35;1-5-26(39)38-19(3)14-36(15-20(38)4)30-24-12-18(2)27(23-7-6-21(32)13-25(23)33)29-28(24)37(31(40)34-30)16-22(17-42-29)35-8-10-41-11-9-35;1-3-24(37)34-6-8-35(9-7-34)28-22-14-18(2)25(21-5-4-19(30)15-23(21)31)27-26(22)36(29(38)32-28)16-20(17-40-27)33-10-12-39-13-11-33/h2*5-7,12-13,19-20,22H,1,8-11,14-17H2,2-4H3;3-5,14-15,20H,1,6-13,16-17H2,2H3/t2*19-,20+,22?;/m1../s1. The number of hydrogen-bond acceptors (Lipinski definition) is 21. The number of thioether (sulfide) groups is 3. The molecule has 6 fully saturated rings. The van der Waals surface area contributed by atoms with Gasteiger partial charge in [0.05, 0.1) is 56.2 Å². The van der Waals surface area contributed by atoms with Gasteiger partial charge in [-0.15, -0.1) is 35.3 Å². The molecule has 6 aromatic carbocycles.